The fraction of sp³-hybridized carbons (Fsp3) is 0.333. The van der Waals surface area contributed by atoms with Gasteiger partial charge in [0.05, 0.1) is 6.61 Å². The zero-order valence-electron chi connectivity index (χ0n) is 9.13. The molecule has 0 amide bonds. The summed E-state index contributed by atoms with van der Waals surface area (Å²) >= 11 is 0. The van der Waals surface area contributed by atoms with Gasteiger partial charge in [-0.1, -0.05) is 0 Å². The quantitative estimate of drug-likeness (QED) is 0.537. The zero-order valence-corrected chi connectivity index (χ0v) is 10.9. The first-order valence-corrected chi connectivity index (χ1v) is 7.47. The van der Waals surface area contributed by atoms with Crippen LogP contribution in [0.4, 0.5) is 5.95 Å². The molecule has 0 spiro atoms. The summed E-state index contributed by atoms with van der Waals surface area (Å²) in [6, 6.07) is 0. The number of hydrogen-bond acceptors (Lipinski definition) is 7. The van der Waals surface area contributed by atoms with Gasteiger partial charge in [-0.05, 0) is 0 Å². The molecule has 1 rings (SSSR count). The van der Waals surface area contributed by atoms with Crippen molar-refractivity contribution in [1.29, 1.82) is 0 Å². The average Bonchev–Trinajstić information content (AvgIpc) is 2.24. The van der Waals surface area contributed by atoms with Gasteiger partial charge >= 0.3 is 15.6 Å². The van der Waals surface area contributed by atoms with Gasteiger partial charge in [-0.15, -0.1) is 0 Å². The third-order valence-corrected chi connectivity index (χ3v) is 3.66. The normalized spacial score (nSPS) is 15.1. The Kier molecular flexibility index (Phi) is 4.94. The molecular weight excluding hydrogens is 288 g/mol. The predicted molar refractivity (Wildman–Crippen MR) is 59.3 cm³/mol. The molecule has 1 heterocycles. The summed E-state index contributed by atoms with van der Waals surface area (Å²) in [5, 5.41) is 2.66. The second-order valence-electron chi connectivity index (χ2n) is 2.98. The Labute approximate surface area is 102 Å². The lowest BCUT2D eigenvalue weighted by molar-refractivity contribution is 0.172. The highest BCUT2D eigenvalue weighted by Gasteiger charge is 2.32. The molecule has 0 saturated carbocycles. The summed E-state index contributed by atoms with van der Waals surface area (Å²) in [7, 11) is -8.32. The Hall–Kier alpha value is -0.860. The summed E-state index contributed by atoms with van der Waals surface area (Å²) in [6.07, 6.45) is 2.63. The molecule has 1 atom stereocenters. The lowest BCUT2D eigenvalue weighted by Crippen LogP contribution is -1.99. The Morgan fingerprint density at radius 2 is 1.83 bits per heavy atom. The van der Waals surface area contributed by atoms with E-state index in [2.05, 4.69) is 24.1 Å². The molecule has 0 aliphatic rings. The lowest BCUT2D eigenvalue weighted by atomic mass is 10.4. The van der Waals surface area contributed by atoms with E-state index in [0.29, 0.717) is 11.5 Å². The van der Waals surface area contributed by atoms with Crippen LogP contribution in [0.5, 0.6) is 0 Å². The maximum absolute atomic E-state index is 11.1. The van der Waals surface area contributed by atoms with Gasteiger partial charge in [0.1, 0.15) is 0 Å². The first-order valence-electron chi connectivity index (χ1n) is 4.45. The van der Waals surface area contributed by atoms with Crippen LogP contribution < -0.4 is 5.32 Å². The summed E-state index contributed by atoms with van der Waals surface area (Å²) in [6.45, 7) is -0.433. The molecule has 18 heavy (non-hydrogen) atoms. The molecule has 12 heteroatoms. The topological polar surface area (TPSA) is 151 Å². The molecule has 0 aliphatic heterocycles. The van der Waals surface area contributed by atoms with Crippen molar-refractivity contribution in [3.63, 3.8) is 0 Å². The number of phosphoric acid groups is 2. The molecular formula is C6H11N3O7P2. The minimum Gasteiger partial charge on any atom is -0.357 e. The van der Waals surface area contributed by atoms with Crippen LogP contribution in [0.2, 0.25) is 0 Å². The molecule has 0 bridgehead atoms. The minimum absolute atomic E-state index is 0.331. The highest BCUT2D eigenvalue weighted by molar-refractivity contribution is 7.60. The highest BCUT2D eigenvalue weighted by Crippen LogP contribution is 2.57. The monoisotopic (exact) mass is 299 g/mol. The van der Waals surface area contributed by atoms with Crippen molar-refractivity contribution in [2.75, 3.05) is 12.4 Å². The molecule has 1 aromatic rings. The third kappa shape index (κ3) is 5.65. The highest BCUT2D eigenvalue weighted by atomic mass is 31.3. The van der Waals surface area contributed by atoms with E-state index >= 15 is 0 Å². The number of rotatable bonds is 6. The SMILES string of the molecule is CNc1ncc(COP(=O)(O)OP(=O)(O)O)cn1. The van der Waals surface area contributed by atoms with Crippen LogP contribution in [0, 0.1) is 0 Å². The number of phosphoric ester groups is 1. The third-order valence-electron chi connectivity index (χ3n) is 1.53. The largest absolute Gasteiger partial charge is 0.481 e. The Morgan fingerprint density at radius 3 is 2.28 bits per heavy atom. The van der Waals surface area contributed by atoms with Gasteiger partial charge in [-0.2, -0.15) is 4.31 Å². The first-order chi connectivity index (χ1) is 8.22. The first kappa shape index (κ1) is 15.2. The summed E-state index contributed by atoms with van der Waals surface area (Å²) in [4.78, 5) is 33.3. The smallest absolute Gasteiger partial charge is 0.357 e. The predicted octanol–water partition coefficient (Wildman–Crippen LogP) is 0.245. The summed E-state index contributed by atoms with van der Waals surface area (Å²) in [5.41, 5.74) is 0.331. The molecule has 0 aromatic carbocycles. The van der Waals surface area contributed by atoms with E-state index in [-0.39, 0.29) is 0 Å². The maximum atomic E-state index is 11.1. The molecule has 10 nitrogen and oxygen atoms in total. The van der Waals surface area contributed by atoms with Gasteiger partial charge < -0.3 is 20.0 Å². The van der Waals surface area contributed by atoms with Crippen molar-refractivity contribution >= 4 is 21.6 Å². The van der Waals surface area contributed by atoms with E-state index in [1.807, 2.05) is 0 Å². The number of anilines is 1. The molecule has 0 saturated heterocycles. The van der Waals surface area contributed by atoms with Crippen LogP contribution in [-0.2, 0) is 24.6 Å². The Balaban J connectivity index is 2.58. The van der Waals surface area contributed by atoms with Crippen LogP contribution in [0.15, 0.2) is 12.4 Å². The van der Waals surface area contributed by atoms with Crippen LogP contribution in [0.25, 0.3) is 0 Å². The van der Waals surface area contributed by atoms with Crippen LogP contribution in [0.1, 0.15) is 5.56 Å². The van der Waals surface area contributed by atoms with E-state index in [0.717, 1.165) is 0 Å². The van der Waals surface area contributed by atoms with Crippen LogP contribution >= 0.6 is 15.6 Å². The van der Waals surface area contributed by atoms with Gasteiger partial charge in [-0.25, -0.2) is 19.1 Å². The van der Waals surface area contributed by atoms with E-state index in [4.69, 9.17) is 14.7 Å². The number of nitrogens with zero attached hydrogens (tertiary/aromatic N) is 2. The van der Waals surface area contributed by atoms with Gasteiger partial charge in [-0.3, -0.25) is 4.52 Å². The average molecular weight is 299 g/mol. The second-order valence-corrected chi connectivity index (χ2v) is 5.81. The molecule has 1 unspecified atom stereocenters. The van der Waals surface area contributed by atoms with E-state index in [1.165, 1.54) is 12.4 Å². The van der Waals surface area contributed by atoms with Crippen molar-refractivity contribution in [3.8, 4) is 0 Å². The number of aromatic nitrogens is 2. The van der Waals surface area contributed by atoms with Gasteiger partial charge in [0.15, 0.2) is 0 Å². The Morgan fingerprint density at radius 1 is 1.28 bits per heavy atom. The van der Waals surface area contributed by atoms with E-state index < -0.39 is 22.3 Å². The summed E-state index contributed by atoms with van der Waals surface area (Å²) in [5.74, 6) is 0.345. The second kappa shape index (κ2) is 5.85. The van der Waals surface area contributed by atoms with Crippen molar-refractivity contribution in [2.24, 2.45) is 0 Å². The molecule has 1 aromatic heterocycles. The number of nitrogens with one attached hydrogen (secondary N) is 1. The molecule has 102 valence electrons. The standard InChI is InChI=1S/C6H11N3O7P2/c1-7-6-8-2-5(3-9-6)4-15-18(13,14)16-17(10,11)12/h2-3H,4H2,1H3,(H,13,14)(H,7,8,9)(H2,10,11,12). The van der Waals surface area contributed by atoms with E-state index in [1.54, 1.807) is 7.05 Å². The Bertz CT molecular complexity index is 486. The fourth-order valence-corrected chi connectivity index (χ4v) is 2.45. The van der Waals surface area contributed by atoms with Crippen molar-refractivity contribution in [3.05, 3.63) is 18.0 Å². The molecule has 0 aliphatic carbocycles. The zero-order chi connectivity index (χ0) is 13.8. The maximum Gasteiger partial charge on any atom is 0.481 e. The van der Waals surface area contributed by atoms with Crippen molar-refractivity contribution in [2.45, 2.75) is 6.61 Å². The van der Waals surface area contributed by atoms with Crippen molar-refractivity contribution < 1.29 is 32.6 Å². The van der Waals surface area contributed by atoms with Crippen LogP contribution in [0.3, 0.4) is 0 Å². The molecule has 0 fully saturated rings. The molecule has 0 radical (unpaired) electrons. The van der Waals surface area contributed by atoms with E-state index in [9.17, 15) is 9.13 Å². The fourth-order valence-electron chi connectivity index (χ4n) is 0.872. The van der Waals surface area contributed by atoms with Gasteiger partial charge in [0, 0.05) is 25.0 Å². The van der Waals surface area contributed by atoms with Crippen molar-refractivity contribution in [1.82, 2.24) is 9.97 Å². The number of hydrogen-bond donors (Lipinski definition) is 4. The minimum atomic E-state index is -5.10. The summed E-state index contributed by atoms with van der Waals surface area (Å²) < 4.78 is 29.4. The van der Waals surface area contributed by atoms with Gasteiger partial charge in [0.25, 0.3) is 0 Å². The van der Waals surface area contributed by atoms with Gasteiger partial charge in [0.2, 0.25) is 5.95 Å². The molecule has 4 N–H and O–H groups in total. The lowest BCUT2D eigenvalue weighted by Gasteiger charge is -2.12. The van der Waals surface area contributed by atoms with Crippen LogP contribution in [-0.4, -0.2) is 31.7 Å².